The molecule has 0 radical (unpaired) electrons. The summed E-state index contributed by atoms with van der Waals surface area (Å²) in [5.74, 6) is -0.581. The van der Waals surface area contributed by atoms with Crippen molar-refractivity contribution in [2.45, 2.75) is 18.3 Å². The van der Waals surface area contributed by atoms with Crippen molar-refractivity contribution in [2.75, 3.05) is 0 Å². The molecule has 29 heavy (non-hydrogen) atoms. The maximum atomic E-state index is 9.17. The summed E-state index contributed by atoms with van der Waals surface area (Å²) in [6.45, 7) is 0. The number of hydrogen-bond acceptors (Lipinski definition) is 4. The van der Waals surface area contributed by atoms with Crippen molar-refractivity contribution >= 4 is 11.6 Å². The third-order valence-corrected chi connectivity index (χ3v) is 5.77. The summed E-state index contributed by atoms with van der Waals surface area (Å²) in [6.07, 6.45) is 8.27. The Labute approximate surface area is 174 Å². The van der Waals surface area contributed by atoms with E-state index in [-0.39, 0.29) is 6.04 Å². The predicted octanol–water partition coefficient (Wildman–Crippen LogP) is 4.43. The number of halogens is 1. The minimum Gasteiger partial charge on any atom is -0.304 e. The van der Waals surface area contributed by atoms with Gasteiger partial charge in [-0.15, -0.1) is 0 Å². The Morgan fingerprint density at radius 2 is 1.90 bits per heavy atom. The first-order valence-corrected chi connectivity index (χ1v) is 9.73. The topological polar surface area (TPSA) is 61.2 Å². The smallest absolute Gasteiger partial charge is 0.304 e. The fraction of sp³-hybridized carbons (Fsp3) is 0.130. The molecule has 1 N–H and O–H groups in total. The normalized spacial score (nSPS) is 25.0. The van der Waals surface area contributed by atoms with Crippen molar-refractivity contribution in [1.82, 2.24) is 10.3 Å². The maximum absolute atomic E-state index is 9.17. The number of nitrogens with one attached hydrogen (secondary N) is 1. The van der Waals surface area contributed by atoms with Crippen molar-refractivity contribution in [3.63, 3.8) is 0 Å². The number of benzene rings is 2. The molecule has 1 aromatic heterocycles. The molecule has 1 saturated heterocycles. The van der Waals surface area contributed by atoms with E-state index in [1.807, 2.05) is 67.0 Å². The predicted molar refractivity (Wildman–Crippen MR) is 109 cm³/mol. The third kappa shape index (κ3) is 2.90. The summed E-state index contributed by atoms with van der Waals surface area (Å²) >= 11 is 6.32. The average Bonchev–Trinajstić information content (AvgIpc) is 3.22. The van der Waals surface area contributed by atoms with Gasteiger partial charge in [0.1, 0.15) is 0 Å². The van der Waals surface area contributed by atoms with Gasteiger partial charge in [0, 0.05) is 28.5 Å². The minimum atomic E-state index is -0.581. The van der Waals surface area contributed by atoms with Gasteiger partial charge in [-0.25, -0.2) is 0 Å². The molecule has 2 aliphatic heterocycles. The quantitative estimate of drug-likeness (QED) is 0.507. The number of rotatable bonds is 5. The number of nitrogens with zero attached hydrogens (tertiary/aromatic N) is 3. The second-order valence-corrected chi connectivity index (χ2v) is 7.71. The molecule has 142 valence electrons. The van der Waals surface area contributed by atoms with Crippen molar-refractivity contribution in [3.8, 4) is 6.07 Å². The van der Waals surface area contributed by atoms with Gasteiger partial charge in [-0.2, -0.15) is 5.26 Å². The van der Waals surface area contributed by atoms with Crippen molar-refractivity contribution in [3.05, 3.63) is 113 Å². The van der Waals surface area contributed by atoms with E-state index in [0.29, 0.717) is 21.7 Å². The molecule has 2 aromatic carbocycles. The highest BCUT2D eigenvalue weighted by Crippen LogP contribution is 2.58. The van der Waals surface area contributed by atoms with Gasteiger partial charge < -0.3 is 5.32 Å². The molecule has 0 bridgehead atoms. The fourth-order valence-electron chi connectivity index (χ4n) is 4.17. The number of quaternary nitrogens is 1. The Bertz CT molecular complexity index is 1130. The van der Waals surface area contributed by atoms with Crippen LogP contribution >= 0.6 is 11.6 Å². The van der Waals surface area contributed by atoms with Gasteiger partial charge in [-0.1, -0.05) is 45.4 Å². The summed E-state index contributed by atoms with van der Waals surface area (Å²) in [5.41, 5.74) is 3.87. The molecule has 3 atom stereocenters. The average molecular weight is 402 g/mol. The van der Waals surface area contributed by atoms with E-state index in [1.54, 1.807) is 12.4 Å². The van der Waals surface area contributed by atoms with Gasteiger partial charge in [0.15, 0.2) is 12.2 Å². The lowest BCUT2D eigenvalue weighted by Gasteiger charge is -2.22. The van der Waals surface area contributed by atoms with Gasteiger partial charge in [-0.3, -0.25) is 4.98 Å². The summed E-state index contributed by atoms with van der Waals surface area (Å²) in [5, 5.41) is 13.3. The second-order valence-electron chi connectivity index (χ2n) is 7.27. The van der Waals surface area contributed by atoms with Gasteiger partial charge in [0.25, 0.3) is 0 Å². The first-order valence-electron chi connectivity index (χ1n) is 9.35. The van der Waals surface area contributed by atoms with Crippen molar-refractivity contribution in [2.24, 2.45) is 0 Å². The summed E-state index contributed by atoms with van der Waals surface area (Å²) < 4.78 is 0.293. The fourth-order valence-corrected chi connectivity index (χ4v) is 4.37. The zero-order valence-corrected chi connectivity index (χ0v) is 16.3. The van der Waals surface area contributed by atoms with Crippen LogP contribution in [0.5, 0.6) is 0 Å². The van der Waals surface area contributed by atoms with Gasteiger partial charge in [-0.05, 0) is 42.0 Å². The molecular formula is C23H18ClN4O+. The molecule has 5 rings (SSSR count). The Morgan fingerprint density at radius 3 is 2.62 bits per heavy atom. The number of pyridine rings is 1. The van der Waals surface area contributed by atoms with Crippen LogP contribution in [-0.4, -0.2) is 15.5 Å². The van der Waals surface area contributed by atoms with Crippen LogP contribution in [0.1, 0.15) is 28.3 Å². The van der Waals surface area contributed by atoms with Crippen LogP contribution < -0.4 is 5.32 Å². The number of hydroxylamine groups is 3. The zero-order chi connectivity index (χ0) is 19.9. The Hall–Kier alpha value is -3.17. The van der Waals surface area contributed by atoms with E-state index < -0.39 is 5.85 Å². The summed E-state index contributed by atoms with van der Waals surface area (Å²) in [4.78, 5) is 10.5. The molecule has 0 amide bonds. The molecule has 6 heteroatoms. The van der Waals surface area contributed by atoms with Crippen LogP contribution in [0.25, 0.3) is 0 Å². The van der Waals surface area contributed by atoms with Crippen molar-refractivity contribution < 1.29 is 9.48 Å². The largest absolute Gasteiger partial charge is 0.372 e. The van der Waals surface area contributed by atoms with E-state index in [4.69, 9.17) is 16.4 Å². The van der Waals surface area contributed by atoms with Crippen LogP contribution in [0.15, 0.2) is 85.5 Å². The van der Waals surface area contributed by atoms with Crippen LogP contribution in [0.2, 0.25) is 5.02 Å². The lowest BCUT2D eigenvalue weighted by atomic mass is 9.95. The highest BCUT2D eigenvalue weighted by molar-refractivity contribution is 6.30. The molecule has 3 aromatic rings. The lowest BCUT2D eigenvalue weighted by Crippen LogP contribution is -2.40. The van der Waals surface area contributed by atoms with Crippen LogP contribution in [0.3, 0.4) is 0 Å². The molecule has 0 saturated carbocycles. The first kappa shape index (κ1) is 17.9. The SMILES string of the molecule is N#Cc1ccc(C(c2cccc(Cl)c2)[N+]23C=CNC2(Cc2ccncc2)O3)cc1. The highest BCUT2D eigenvalue weighted by atomic mass is 35.5. The van der Waals surface area contributed by atoms with Crippen molar-refractivity contribution in [1.29, 1.82) is 5.26 Å². The van der Waals surface area contributed by atoms with E-state index in [0.717, 1.165) is 16.7 Å². The monoisotopic (exact) mass is 401 g/mol. The van der Waals surface area contributed by atoms with E-state index >= 15 is 0 Å². The number of hydrogen-bond donors (Lipinski definition) is 1. The molecule has 3 unspecified atom stereocenters. The molecule has 5 nitrogen and oxygen atoms in total. The number of aromatic nitrogens is 1. The lowest BCUT2D eigenvalue weighted by molar-refractivity contribution is -0.903. The molecule has 1 fully saturated rings. The first-order chi connectivity index (χ1) is 14.2. The Morgan fingerprint density at radius 1 is 1.10 bits per heavy atom. The van der Waals surface area contributed by atoms with E-state index in [2.05, 4.69) is 22.4 Å². The number of fused-ring (bicyclic) bond motifs is 1. The molecule has 3 heterocycles. The summed E-state index contributed by atoms with van der Waals surface area (Å²) in [7, 11) is 0. The molecule has 0 spiro atoms. The van der Waals surface area contributed by atoms with Gasteiger partial charge in [0.2, 0.25) is 0 Å². The molecular weight excluding hydrogens is 384 g/mol. The maximum Gasteiger partial charge on any atom is 0.372 e. The Balaban J connectivity index is 1.59. The molecule has 2 aliphatic rings. The van der Waals surface area contributed by atoms with Gasteiger partial charge in [0.05, 0.1) is 24.3 Å². The van der Waals surface area contributed by atoms with Crippen LogP contribution in [-0.2, 0) is 11.3 Å². The van der Waals surface area contributed by atoms with Gasteiger partial charge >= 0.3 is 5.85 Å². The second kappa shape index (κ2) is 6.71. The minimum absolute atomic E-state index is 0.130. The Kier molecular flexibility index (Phi) is 4.14. The van der Waals surface area contributed by atoms with E-state index in [1.165, 1.54) is 0 Å². The van der Waals surface area contributed by atoms with E-state index in [9.17, 15) is 5.26 Å². The van der Waals surface area contributed by atoms with Crippen LogP contribution in [0.4, 0.5) is 0 Å². The highest BCUT2D eigenvalue weighted by Gasteiger charge is 2.79. The zero-order valence-electron chi connectivity index (χ0n) is 15.5. The number of nitriles is 1. The summed E-state index contributed by atoms with van der Waals surface area (Å²) in [6, 6.07) is 21.6. The standard InChI is InChI=1S/C23H18ClN4O/c24-21-3-1-2-20(14-21)22(19-6-4-18(16-25)5-7-19)28-13-12-27-23(28,29-28)15-17-8-10-26-11-9-17/h1-14,22,27H,15H2/q+1. The molecule has 0 aliphatic carbocycles. The van der Waals surface area contributed by atoms with Crippen LogP contribution in [0, 0.1) is 11.3 Å². The third-order valence-electron chi connectivity index (χ3n) is 5.54.